The zero-order chi connectivity index (χ0) is 12.6. The van der Waals surface area contributed by atoms with Gasteiger partial charge >= 0.3 is 5.97 Å². The van der Waals surface area contributed by atoms with Gasteiger partial charge in [-0.3, -0.25) is 0 Å². The number of sulfone groups is 1. The molecule has 1 unspecified atom stereocenters. The zero-order valence-electron chi connectivity index (χ0n) is 9.16. The summed E-state index contributed by atoms with van der Waals surface area (Å²) in [6, 6.07) is 0. The number of aromatic carboxylic acids is 1. The van der Waals surface area contributed by atoms with Crippen LogP contribution in [0.3, 0.4) is 0 Å². The predicted octanol–water partition coefficient (Wildman–Crippen LogP) is 0.297. The number of hydrogen-bond acceptors (Lipinski definition) is 5. The number of nitrogens with zero attached hydrogens (tertiary/aromatic N) is 2. The van der Waals surface area contributed by atoms with Gasteiger partial charge in [0.1, 0.15) is 0 Å². The molecule has 0 radical (unpaired) electrons. The van der Waals surface area contributed by atoms with Gasteiger partial charge in [-0.15, -0.1) is 0 Å². The molecule has 94 valence electrons. The summed E-state index contributed by atoms with van der Waals surface area (Å²) in [4.78, 5) is 11.1. The number of carbonyl (C=O) groups is 1. The fourth-order valence-corrected chi connectivity index (χ4v) is 3.80. The van der Waals surface area contributed by atoms with Crippen LogP contribution < -0.4 is 4.74 Å². The van der Waals surface area contributed by atoms with E-state index in [1.54, 1.807) is 0 Å². The molecule has 2 rings (SSSR count). The number of rotatable bonds is 3. The standard InChI is InChI=1S/C9H12N2O5S/c1-16-6-5-10-11(8(6)9(12)13)7-3-2-4-17(7,14)15/h5,7H,2-4H2,1H3,(H,12,13). The van der Waals surface area contributed by atoms with E-state index in [4.69, 9.17) is 9.84 Å². The predicted molar refractivity (Wildman–Crippen MR) is 57.8 cm³/mol. The molecule has 17 heavy (non-hydrogen) atoms. The Morgan fingerprint density at radius 2 is 2.35 bits per heavy atom. The first-order valence-corrected chi connectivity index (χ1v) is 6.75. The van der Waals surface area contributed by atoms with E-state index in [2.05, 4.69) is 5.10 Å². The van der Waals surface area contributed by atoms with E-state index in [-0.39, 0.29) is 17.2 Å². The molecule has 0 saturated carbocycles. The lowest BCUT2D eigenvalue weighted by atomic mass is 10.3. The SMILES string of the molecule is COc1cnn(C2CCCS2(=O)=O)c1C(=O)O. The molecule has 0 bridgehead atoms. The molecule has 1 atom stereocenters. The summed E-state index contributed by atoms with van der Waals surface area (Å²) in [7, 11) is -1.99. The van der Waals surface area contributed by atoms with Crippen molar-refractivity contribution in [1.82, 2.24) is 9.78 Å². The summed E-state index contributed by atoms with van der Waals surface area (Å²) in [6.07, 6.45) is 2.12. The molecule has 0 amide bonds. The monoisotopic (exact) mass is 260 g/mol. The molecule has 1 aromatic rings. The van der Waals surface area contributed by atoms with Gasteiger partial charge in [-0.2, -0.15) is 5.10 Å². The van der Waals surface area contributed by atoms with Crippen molar-refractivity contribution in [3.63, 3.8) is 0 Å². The highest BCUT2D eigenvalue weighted by atomic mass is 32.2. The van der Waals surface area contributed by atoms with E-state index in [1.807, 2.05) is 0 Å². The number of aromatic nitrogens is 2. The van der Waals surface area contributed by atoms with E-state index in [0.29, 0.717) is 12.8 Å². The van der Waals surface area contributed by atoms with Crippen LogP contribution in [0.1, 0.15) is 28.7 Å². The second-order valence-electron chi connectivity index (χ2n) is 3.78. The molecule has 1 fully saturated rings. The van der Waals surface area contributed by atoms with Crippen molar-refractivity contribution in [2.45, 2.75) is 18.2 Å². The van der Waals surface area contributed by atoms with E-state index in [0.717, 1.165) is 4.68 Å². The van der Waals surface area contributed by atoms with Crippen LogP contribution in [0, 0.1) is 0 Å². The van der Waals surface area contributed by atoms with Gasteiger partial charge in [-0.25, -0.2) is 17.9 Å². The van der Waals surface area contributed by atoms with Crippen LogP contribution in [0.15, 0.2) is 6.20 Å². The average Bonchev–Trinajstić information content (AvgIpc) is 2.79. The number of hydrogen-bond donors (Lipinski definition) is 1. The van der Waals surface area contributed by atoms with Crippen molar-refractivity contribution in [1.29, 1.82) is 0 Å². The van der Waals surface area contributed by atoms with Crippen LogP contribution in [-0.2, 0) is 9.84 Å². The summed E-state index contributed by atoms with van der Waals surface area (Å²) in [5, 5.41) is 12.0. The Kier molecular flexibility index (Phi) is 2.82. The fourth-order valence-electron chi connectivity index (χ4n) is 1.97. The van der Waals surface area contributed by atoms with Crippen molar-refractivity contribution in [3.8, 4) is 5.75 Å². The average molecular weight is 260 g/mol. The van der Waals surface area contributed by atoms with Gasteiger partial charge in [0.25, 0.3) is 0 Å². The van der Waals surface area contributed by atoms with Crippen LogP contribution in [0.2, 0.25) is 0 Å². The Morgan fingerprint density at radius 3 is 2.82 bits per heavy atom. The topological polar surface area (TPSA) is 98.5 Å². The Hall–Kier alpha value is -1.57. The van der Waals surface area contributed by atoms with E-state index in [1.165, 1.54) is 13.3 Å². The van der Waals surface area contributed by atoms with Gasteiger partial charge in [-0.05, 0) is 12.8 Å². The molecule has 1 aliphatic rings. The Balaban J connectivity index is 2.53. The number of ether oxygens (including phenoxy) is 1. The third-order valence-electron chi connectivity index (χ3n) is 2.75. The minimum absolute atomic E-state index is 0.0684. The van der Waals surface area contributed by atoms with E-state index in [9.17, 15) is 13.2 Å². The highest BCUT2D eigenvalue weighted by Gasteiger charge is 2.36. The van der Waals surface area contributed by atoms with Crippen LogP contribution in [-0.4, -0.2) is 42.1 Å². The molecule has 1 aromatic heterocycles. The summed E-state index contributed by atoms with van der Waals surface area (Å²) >= 11 is 0. The van der Waals surface area contributed by atoms with E-state index < -0.39 is 21.2 Å². The minimum Gasteiger partial charge on any atom is -0.493 e. The highest BCUT2D eigenvalue weighted by Crippen LogP contribution is 2.32. The molecule has 2 heterocycles. The van der Waals surface area contributed by atoms with Crippen LogP contribution >= 0.6 is 0 Å². The molecule has 1 saturated heterocycles. The number of carboxylic acid groups (broad SMARTS) is 1. The summed E-state index contributed by atoms with van der Waals surface area (Å²) < 4.78 is 29.4. The number of methoxy groups -OCH3 is 1. The highest BCUT2D eigenvalue weighted by molar-refractivity contribution is 7.91. The van der Waals surface area contributed by atoms with Gasteiger partial charge in [0.15, 0.2) is 26.7 Å². The van der Waals surface area contributed by atoms with Crippen LogP contribution in [0.5, 0.6) is 5.75 Å². The maximum Gasteiger partial charge on any atom is 0.358 e. The van der Waals surface area contributed by atoms with Gasteiger partial charge < -0.3 is 9.84 Å². The Morgan fingerprint density at radius 1 is 1.65 bits per heavy atom. The van der Waals surface area contributed by atoms with Crippen molar-refractivity contribution in [2.75, 3.05) is 12.9 Å². The smallest absolute Gasteiger partial charge is 0.358 e. The molecule has 1 N–H and O–H groups in total. The van der Waals surface area contributed by atoms with Gasteiger partial charge in [0, 0.05) is 0 Å². The van der Waals surface area contributed by atoms with E-state index >= 15 is 0 Å². The first-order valence-electron chi connectivity index (χ1n) is 5.03. The summed E-state index contributed by atoms with van der Waals surface area (Å²) in [5.74, 6) is -1.11. The quantitative estimate of drug-likeness (QED) is 0.839. The lowest BCUT2D eigenvalue weighted by Gasteiger charge is -2.12. The number of carboxylic acids is 1. The minimum atomic E-state index is -3.31. The molecule has 0 aliphatic carbocycles. The van der Waals surface area contributed by atoms with Gasteiger partial charge in [0.2, 0.25) is 0 Å². The van der Waals surface area contributed by atoms with Crippen molar-refractivity contribution in [3.05, 3.63) is 11.9 Å². The molecule has 8 heteroatoms. The maximum atomic E-state index is 11.7. The molecule has 0 spiro atoms. The first-order chi connectivity index (χ1) is 7.97. The molecule has 1 aliphatic heterocycles. The van der Waals surface area contributed by atoms with Gasteiger partial charge in [-0.1, -0.05) is 0 Å². The molecular weight excluding hydrogens is 248 g/mol. The Bertz CT molecular complexity index is 548. The lowest BCUT2D eigenvalue weighted by molar-refractivity contribution is 0.0679. The maximum absolute atomic E-state index is 11.7. The third kappa shape index (κ3) is 1.88. The van der Waals surface area contributed by atoms with Crippen molar-refractivity contribution >= 4 is 15.8 Å². The van der Waals surface area contributed by atoms with Gasteiger partial charge in [0.05, 0.1) is 19.1 Å². The second-order valence-corrected chi connectivity index (χ2v) is 6.05. The lowest BCUT2D eigenvalue weighted by Crippen LogP contribution is -2.21. The normalized spacial score (nSPS) is 22.5. The van der Waals surface area contributed by atoms with Crippen molar-refractivity contribution in [2.24, 2.45) is 0 Å². The molecule has 0 aromatic carbocycles. The fraction of sp³-hybridized carbons (Fsp3) is 0.556. The Labute approximate surface area is 97.9 Å². The largest absolute Gasteiger partial charge is 0.493 e. The van der Waals surface area contributed by atoms with Crippen molar-refractivity contribution < 1.29 is 23.1 Å². The molecular formula is C9H12N2O5S. The summed E-state index contributed by atoms with van der Waals surface area (Å²) in [5.41, 5.74) is -0.219. The second kappa shape index (κ2) is 4.02. The van der Waals surface area contributed by atoms with Crippen LogP contribution in [0.25, 0.3) is 0 Å². The summed E-state index contributed by atoms with van der Waals surface area (Å²) in [6.45, 7) is 0. The van der Waals surface area contributed by atoms with Crippen LogP contribution in [0.4, 0.5) is 0 Å². The zero-order valence-corrected chi connectivity index (χ0v) is 9.98. The third-order valence-corrected chi connectivity index (χ3v) is 4.87. The first kappa shape index (κ1) is 11.9. The molecule has 7 nitrogen and oxygen atoms in total.